The molecule has 2 rings (SSSR count). The van der Waals surface area contributed by atoms with Gasteiger partial charge in [0.1, 0.15) is 10.6 Å². The molecule has 0 aromatic heterocycles. The molecule has 0 atom stereocenters. The summed E-state index contributed by atoms with van der Waals surface area (Å²) in [6, 6.07) is 4.42. The fourth-order valence-electron chi connectivity index (χ4n) is 2.83. The van der Waals surface area contributed by atoms with E-state index < -0.39 is 14.8 Å². The SMILES string of the molecule is CN(CCC1CCOCC1)c1cccc(S(C)(=O)=O)c1[N+](=O)[O-]. The predicted octanol–water partition coefficient (Wildman–Crippen LogP) is 2.25. The van der Waals surface area contributed by atoms with Crippen molar-refractivity contribution in [2.45, 2.75) is 24.2 Å². The van der Waals surface area contributed by atoms with E-state index in [0.29, 0.717) is 18.2 Å². The number of hydrogen-bond acceptors (Lipinski definition) is 6. The highest BCUT2D eigenvalue weighted by molar-refractivity contribution is 7.90. The van der Waals surface area contributed by atoms with Gasteiger partial charge in [0, 0.05) is 33.1 Å². The molecule has 0 saturated carbocycles. The first-order valence-corrected chi connectivity index (χ1v) is 9.46. The number of nitro groups is 1. The Hall–Kier alpha value is -1.67. The van der Waals surface area contributed by atoms with Crippen molar-refractivity contribution in [3.8, 4) is 0 Å². The lowest BCUT2D eigenvalue weighted by molar-refractivity contribution is -0.387. The van der Waals surface area contributed by atoms with Crippen LogP contribution in [-0.4, -0.2) is 46.4 Å². The number of hydrogen-bond donors (Lipinski definition) is 0. The highest BCUT2D eigenvalue weighted by Gasteiger charge is 2.28. The van der Waals surface area contributed by atoms with Crippen LogP contribution in [0.3, 0.4) is 0 Å². The monoisotopic (exact) mass is 342 g/mol. The van der Waals surface area contributed by atoms with Crippen molar-refractivity contribution in [3.63, 3.8) is 0 Å². The van der Waals surface area contributed by atoms with E-state index in [1.165, 1.54) is 6.07 Å². The molecule has 0 bridgehead atoms. The third-order valence-electron chi connectivity index (χ3n) is 4.18. The van der Waals surface area contributed by atoms with E-state index >= 15 is 0 Å². The molecule has 1 fully saturated rings. The molecule has 0 amide bonds. The molecule has 1 aromatic carbocycles. The zero-order valence-electron chi connectivity index (χ0n) is 13.4. The van der Waals surface area contributed by atoms with Crippen molar-refractivity contribution >= 4 is 21.2 Å². The van der Waals surface area contributed by atoms with Gasteiger partial charge in [-0.3, -0.25) is 10.1 Å². The maximum absolute atomic E-state index is 11.8. The van der Waals surface area contributed by atoms with Crippen LogP contribution in [0.1, 0.15) is 19.3 Å². The number of rotatable bonds is 6. The number of anilines is 1. The van der Waals surface area contributed by atoms with Crippen LogP contribution in [-0.2, 0) is 14.6 Å². The van der Waals surface area contributed by atoms with Gasteiger partial charge in [0.25, 0.3) is 0 Å². The average Bonchev–Trinajstić information content (AvgIpc) is 2.52. The molecule has 1 saturated heterocycles. The Kier molecular flexibility index (Phi) is 5.59. The second-order valence-electron chi connectivity index (χ2n) is 5.92. The summed E-state index contributed by atoms with van der Waals surface area (Å²) < 4.78 is 28.9. The van der Waals surface area contributed by atoms with E-state index in [9.17, 15) is 18.5 Å². The molecule has 23 heavy (non-hydrogen) atoms. The van der Waals surface area contributed by atoms with Crippen LogP contribution in [0, 0.1) is 16.0 Å². The van der Waals surface area contributed by atoms with Gasteiger partial charge in [0.2, 0.25) is 0 Å². The fourth-order valence-corrected chi connectivity index (χ4v) is 3.69. The molecule has 1 aliphatic heterocycles. The highest BCUT2D eigenvalue weighted by atomic mass is 32.2. The van der Waals surface area contributed by atoms with Crippen molar-refractivity contribution in [2.24, 2.45) is 5.92 Å². The minimum atomic E-state index is -3.65. The quantitative estimate of drug-likeness (QED) is 0.582. The van der Waals surface area contributed by atoms with Crippen LogP contribution in [0.15, 0.2) is 23.1 Å². The van der Waals surface area contributed by atoms with Gasteiger partial charge in [0.05, 0.1) is 4.92 Å². The average molecular weight is 342 g/mol. The molecule has 0 aliphatic carbocycles. The summed E-state index contributed by atoms with van der Waals surface area (Å²) >= 11 is 0. The molecule has 1 aliphatic rings. The number of ether oxygens (including phenoxy) is 1. The Morgan fingerprint density at radius 2 is 2.00 bits per heavy atom. The molecule has 8 heteroatoms. The van der Waals surface area contributed by atoms with E-state index in [-0.39, 0.29) is 10.6 Å². The Balaban J connectivity index is 2.22. The molecule has 7 nitrogen and oxygen atoms in total. The largest absolute Gasteiger partial charge is 0.381 e. The van der Waals surface area contributed by atoms with Gasteiger partial charge in [-0.05, 0) is 37.3 Å². The van der Waals surface area contributed by atoms with Crippen LogP contribution in [0.2, 0.25) is 0 Å². The maximum Gasteiger partial charge on any atom is 0.311 e. The number of nitrogens with zero attached hydrogens (tertiary/aromatic N) is 2. The lowest BCUT2D eigenvalue weighted by atomic mass is 9.96. The van der Waals surface area contributed by atoms with Gasteiger partial charge in [-0.25, -0.2) is 8.42 Å². The molecule has 1 heterocycles. The zero-order chi connectivity index (χ0) is 17.0. The second kappa shape index (κ2) is 7.27. The Bertz CT molecular complexity index is 668. The minimum Gasteiger partial charge on any atom is -0.381 e. The van der Waals surface area contributed by atoms with Gasteiger partial charge >= 0.3 is 5.69 Å². The molecule has 0 spiro atoms. The summed E-state index contributed by atoms with van der Waals surface area (Å²) in [7, 11) is -1.90. The van der Waals surface area contributed by atoms with Gasteiger partial charge in [0.15, 0.2) is 9.84 Å². The Morgan fingerprint density at radius 1 is 1.35 bits per heavy atom. The van der Waals surface area contributed by atoms with Crippen molar-refractivity contribution in [2.75, 3.05) is 38.0 Å². The smallest absolute Gasteiger partial charge is 0.311 e. The summed E-state index contributed by atoms with van der Waals surface area (Å²) in [6.45, 7) is 2.16. The number of benzene rings is 1. The van der Waals surface area contributed by atoms with Crippen LogP contribution in [0.4, 0.5) is 11.4 Å². The first-order valence-electron chi connectivity index (χ1n) is 7.57. The molecular formula is C15H22N2O5S. The zero-order valence-corrected chi connectivity index (χ0v) is 14.2. The summed E-state index contributed by atoms with van der Waals surface area (Å²) in [5, 5.41) is 11.4. The first kappa shape index (κ1) is 17.7. The minimum absolute atomic E-state index is 0.238. The molecule has 0 radical (unpaired) electrons. The standard InChI is InChI=1S/C15H22N2O5S/c1-16(9-6-12-7-10-22-11-8-12)13-4-3-5-14(23(2,20)21)15(13)17(18)19/h3-5,12H,6-11H2,1-2H3. The second-order valence-corrected chi connectivity index (χ2v) is 7.90. The van der Waals surface area contributed by atoms with Crippen LogP contribution < -0.4 is 4.90 Å². The first-order chi connectivity index (χ1) is 10.8. The molecule has 0 N–H and O–H groups in total. The number of para-hydroxylation sites is 1. The normalized spacial score (nSPS) is 16.3. The molecule has 128 valence electrons. The van der Waals surface area contributed by atoms with E-state index in [1.807, 2.05) is 0 Å². The third kappa shape index (κ3) is 4.42. The number of nitro benzene ring substituents is 1. The van der Waals surface area contributed by atoms with Crippen molar-refractivity contribution in [1.82, 2.24) is 0 Å². The fraction of sp³-hybridized carbons (Fsp3) is 0.600. The summed E-state index contributed by atoms with van der Waals surface area (Å²) in [6.07, 6.45) is 3.89. The van der Waals surface area contributed by atoms with Crippen molar-refractivity contribution in [3.05, 3.63) is 28.3 Å². The van der Waals surface area contributed by atoms with Gasteiger partial charge in [-0.2, -0.15) is 0 Å². The van der Waals surface area contributed by atoms with E-state index in [2.05, 4.69) is 0 Å². The van der Waals surface area contributed by atoms with Crippen LogP contribution in [0.5, 0.6) is 0 Å². The third-order valence-corrected chi connectivity index (χ3v) is 5.31. The Morgan fingerprint density at radius 3 is 2.57 bits per heavy atom. The van der Waals surface area contributed by atoms with Crippen LogP contribution >= 0.6 is 0 Å². The Labute approximate surface area is 136 Å². The lowest BCUT2D eigenvalue weighted by Crippen LogP contribution is -2.25. The maximum atomic E-state index is 11.8. The van der Waals surface area contributed by atoms with Crippen LogP contribution in [0.25, 0.3) is 0 Å². The van der Waals surface area contributed by atoms with Crippen molar-refractivity contribution in [1.29, 1.82) is 0 Å². The van der Waals surface area contributed by atoms with Crippen molar-refractivity contribution < 1.29 is 18.1 Å². The predicted molar refractivity (Wildman–Crippen MR) is 87.6 cm³/mol. The van der Waals surface area contributed by atoms with Gasteiger partial charge < -0.3 is 9.64 Å². The molecule has 0 unspecified atom stereocenters. The van der Waals surface area contributed by atoms with E-state index in [1.54, 1.807) is 24.1 Å². The topological polar surface area (TPSA) is 89.8 Å². The van der Waals surface area contributed by atoms with E-state index in [0.717, 1.165) is 38.7 Å². The molecule has 1 aromatic rings. The lowest BCUT2D eigenvalue weighted by Gasteiger charge is -2.26. The van der Waals surface area contributed by atoms with Gasteiger partial charge in [-0.1, -0.05) is 6.07 Å². The number of sulfone groups is 1. The summed E-state index contributed by atoms with van der Waals surface area (Å²) in [5.41, 5.74) is -0.00513. The highest BCUT2D eigenvalue weighted by Crippen LogP contribution is 2.34. The summed E-state index contributed by atoms with van der Waals surface area (Å²) in [5.74, 6) is 0.545. The van der Waals surface area contributed by atoms with Gasteiger partial charge in [-0.15, -0.1) is 0 Å². The van der Waals surface area contributed by atoms with E-state index in [4.69, 9.17) is 4.74 Å². The summed E-state index contributed by atoms with van der Waals surface area (Å²) in [4.78, 5) is 12.3. The molecular weight excluding hydrogens is 320 g/mol.